The Morgan fingerprint density at radius 3 is 2.56 bits per heavy atom. The fourth-order valence-corrected chi connectivity index (χ4v) is 3.32. The van der Waals surface area contributed by atoms with Crippen LogP contribution in [0.15, 0.2) is 30.6 Å². The maximum absolute atomic E-state index is 12.2. The van der Waals surface area contributed by atoms with Crippen LogP contribution in [-0.4, -0.2) is 51.5 Å². The van der Waals surface area contributed by atoms with Crippen LogP contribution in [0.3, 0.4) is 0 Å². The van der Waals surface area contributed by atoms with Crippen LogP contribution < -0.4 is 0 Å². The van der Waals surface area contributed by atoms with Gasteiger partial charge in [-0.25, -0.2) is 4.79 Å². The molecule has 0 saturated carbocycles. The minimum Gasteiger partial charge on any atom is -0.487 e. The second kappa shape index (κ2) is 6.67. The van der Waals surface area contributed by atoms with Crippen molar-refractivity contribution in [2.24, 2.45) is 0 Å². The molecule has 1 N–H and O–H groups in total. The summed E-state index contributed by atoms with van der Waals surface area (Å²) in [6.45, 7) is 6.71. The molecule has 6 nitrogen and oxygen atoms in total. The molecule has 0 aliphatic carbocycles. The summed E-state index contributed by atoms with van der Waals surface area (Å²) < 4.78 is 11.7. The van der Waals surface area contributed by atoms with Crippen molar-refractivity contribution in [2.45, 2.75) is 57.3 Å². The number of aromatic nitrogens is 1. The van der Waals surface area contributed by atoms with Gasteiger partial charge in [0.15, 0.2) is 0 Å². The number of rotatable bonds is 1. The summed E-state index contributed by atoms with van der Waals surface area (Å²) in [6, 6.07) is 3.74. The third kappa shape index (κ3) is 4.31. The molecule has 1 fully saturated rings. The Hall–Kier alpha value is -2.08. The van der Waals surface area contributed by atoms with Crippen LogP contribution in [0.1, 0.15) is 45.6 Å². The van der Waals surface area contributed by atoms with Crippen molar-refractivity contribution in [3.8, 4) is 0 Å². The fourth-order valence-electron chi connectivity index (χ4n) is 3.32. The first kappa shape index (κ1) is 17.7. The number of piperidine rings is 1. The Labute approximate surface area is 148 Å². The van der Waals surface area contributed by atoms with E-state index < -0.39 is 17.3 Å². The number of hydrogen-bond acceptors (Lipinski definition) is 5. The Kier molecular flexibility index (Phi) is 4.73. The van der Waals surface area contributed by atoms with Gasteiger partial charge < -0.3 is 19.5 Å². The van der Waals surface area contributed by atoms with Crippen molar-refractivity contribution in [3.63, 3.8) is 0 Å². The minimum absolute atomic E-state index is 0.288. The summed E-state index contributed by atoms with van der Waals surface area (Å²) in [5.41, 5.74) is -0.0329. The number of carbonyl (C=O) groups is 1. The first-order valence-corrected chi connectivity index (χ1v) is 8.74. The van der Waals surface area contributed by atoms with E-state index in [1.807, 2.05) is 32.9 Å². The zero-order valence-corrected chi connectivity index (χ0v) is 15.1. The fraction of sp³-hybridized carbons (Fsp3) is 0.579. The van der Waals surface area contributed by atoms with E-state index in [1.54, 1.807) is 23.4 Å². The number of aliphatic hydroxyl groups is 1. The maximum atomic E-state index is 12.2. The highest BCUT2D eigenvalue weighted by molar-refractivity contribution is 5.68. The number of hydrogen-bond donors (Lipinski definition) is 1. The second-order valence-corrected chi connectivity index (χ2v) is 7.79. The van der Waals surface area contributed by atoms with Gasteiger partial charge in [0.2, 0.25) is 0 Å². The molecule has 3 rings (SSSR count). The van der Waals surface area contributed by atoms with E-state index in [9.17, 15) is 9.90 Å². The molecular weight excluding hydrogens is 320 g/mol. The number of aliphatic hydroxyl groups excluding tert-OH is 1. The molecule has 1 unspecified atom stereocenters. The van der Waals surface area contributed by atoms with Crippen molar-refractivity contribution in [1.82, 2.24) is 9.88 Å². The lowest BCUT2D eigenvalue weighted by atomic mass is 9.83. The third-order valence-electron chi connectivity index (χ3n) is 4.54. The van der Waals surface area contributed by atoms with Crippen molar-refractivity contribution in [1.29, 1.82) is 0 Å². The lowest BCUT2D eigenvalue weighted by molar-refractivity contribution is -0.0601. The molecule has 1 atom stereocenters. The molecular formula is C19H26N2O4. The van der Waals surface area contributed by atoms with Gasteiger partial charge in [0, 0.05) is 50.3 Å². The summed E-state index contributed by atoms with van der Waals surface area (Å²) in [7, 11) is 0. The van der Waals surface area contributed by atoms with Gasteiger partial charge in [0.25, 0.3) is 0 Å². The largest absolute Gasteiger partial charge is 0.487 e. The molecule has 0 aromatic carbocycles. The summed E-state index contributed by atoms with van der Waals surface area (Å²) in [4.78, 5) is 18.0. The van der Waals surface area contributed by atoms with Gasteiger partial charge in [-0.15, -0.1) is 0 Å². The zero-order chi connectivity index (χ0) is 18.1. The Morgan fingerprint density at radius 1 is 1.32 bits per heavy atom. The Balaban J connectivity index is 1.67. The van der Waals surface area contributed by atoms with Gasteiger partial charge in [0.1, 0.15) is 17.0 Å². The predicted molar refractivity (Wildman–Crippen MR) is 93.7 cm³/mol. The summed E-state index contributed by atoms with van der Waals surface area (Å²) >= 11 is 0. The summed E-state index contributed by atoms with van der Waals surface area (Å²) in [5, 5.41) is 10.3. The molecule has 1 aromatic heterocycles. The SMILES string of the molecule is CC(C)(C)OC(=O)N1CCC2(CC1)CC(O)C=C(c1ccncc1)O2. The Morgan fingerprint density at radius 2 is 1.96 bits per heavy atom. The number of carbonyl (C=O) groups excluding carboxylic acids is 1. The lowest BCUT2D eigenvalue weighted by Gasteiger charge is -2.45. The molecule has 6 heteroatoms. The molecule has 1 spiro atoms. The molecule has 136 valence electrons. The predicted octanol–water partition coefficient (Wildman–Crippen LogP) is 2.97. The van der Waals surface area contributed by atoms with Crippen LogP contribution in [0, 0.1) is 0 Å². The Bertz CT molecular complexity index is 643. The minimum atomic E-state index is -0.551. The van der Waals surface area contributed by atoms with Crippen LogP contribution in [0.2, 0.25) is 0 Å². The average Bonchev–Trinajstić information content (AvgIpc) is 2.54. The molecule has 2 aliphatic heterocycles. The van der Waals surface area contributed by atoms with E-state index >= 15 is 0 Å². The monoisotopic (exact) mass is 346 g/mol. The molecule has 1 aromatic rings. The number of likely N-dealkylation sites (tertiary alicyclic amines) is 1. The molecule has 2 aliphatic rings. The number of amides is 1. The molecule has 25 heavy (non-hydrogen) atoms. The van der Waals surface area contributed by atoms with E-state index in [1.165, 1.54) is 0 Å². The van der Waals surface area contributed by atoms with E-state index in [4.69, 9.17) is 9.47 Å². The summed E-state index contributed by atoms with van der Waals surface area (Å²) in [6.07, 6.45) is 6.21. The van der Waals surface area contributed by atoms with Crippen LogP contribution in [0.4, 0.5) is 4.79 Å². The second-order valence-electron chi connectivity index (χ2n) is 7.79. The van der Waals surface area contributed by atoms with Crippen molar-refractivity contribution < 1.29 is 19.4 Å². The van der Waals surface area contributed by atoms with E-state index in [0.29, 0.717) is 38.1 Å². The molecule has 3 heterocycles. The maximum Gasteiger partial charge on any atom is 0.410 e. The molecule has 0 bridgehead atoms. The summed E-state index contributed by atoms with van der Waals surface area (Å²) in [5.74, 6) is 0.687. The standard InChI is InChI=1S/C19H26N2O4/c1-18(2,3)25-17(23)21-10-6-19(7-11-21)13-15(22)12-16(24-19)14-4-8-20-9-5-14/h4-5,8-9,12,15,22H,6-7,10-11,13H2,1-3H3. The highest BCUT2D eigenvalue weighted by Gasteiger charge is 2.42. The van der Waals surface area contributed by atoms with Crippen molar-refractivity contribution in [2.75, 3.05) is 13.1 Å². The average molecular weight is 346 g/mol. The first-order valence-electron chi connectivity index (χ1n) is 8.74. The van der Waals surface area contributed by atoms with Gasteiger partial charge in [-0.3, -0.25) is 4.98 Å². The van der Waals surface area contributed by atoms with Gasteiger partial charge in [-0.2, -0.15) is 0 Å². The smallest absolute Gasteiger partial charge is 0.410 e. The lowest BCUT2D eigenvalue weighted by Crippen LogP contribution is -2.51. The van der Waals surface area contributed by atoms with Crippen LogP contribution in [0.25, 0.3) is 5.76 Å². The van der Waals surface area contributed by atoms with Crippen LogP contribution in [0.5, 0.6) is 0 Å². The highest BCUT2D eigenvalue weighted by Crippen LogP contribution is 2.39. The topological polar surface area (TPSA) is 71.9 Å². The first-order chi connectivity index (χ1) is 11.8. The van der Waals surface area contributed by atoms with Crippen molar-refractivity contribution in [3.05, 3.63) is 36.2 Å². The van der Waals surface area contributed by atoms with Crippen LogP contribution in [-0.2, 0) is 9.47 Å². The van der Waals surface area contributed by atoms with Gasteiger partial charge >= 0.3 is 6.09 Å². The number of pyridine rings is 1. The normalized spacial score (nSPS) is 23.0. The van der Waals surface area contributed by atoms with E-state index in [0.717, 1.165) is 5.56 Å². The number of ether oxygens (including phenoxy) is 2. The van der Waals surface area contributed by atoms with Gasteiger partial charge in [-0.05, 0) is 39.0 Å². The molecule has 1 amide bonds. The van der Waals surface area contributed by atoms with E-state index in [-0.39, 0.29) is 6.09 Å². The van der Waals surface area contributed by atoms with Gasteiger partial charge in [-0.1, -0.05) is 0 Å². The highest BCUT2D eigenvalue weighted by atomic mass is 16.6. The zero-order valence-electron chi connectivity index (χ0n) is 15.1. The molecule has 1 saturated heterocycles. The van der Waals surface area contributed by atoms with E-state index in [2.05, 4.69) is 4.98 Å². The molecule has 0 radical (unpaired) electrons. The quantitative estimate of drug-likeness (QED) is 0.846. The van der Waals surface area contributed by atoms with Crippen LogP contribution >= 0.6 is 0 Å². The van der Waals surface area contributed by atoms with Gasteiger partial charge in [0.05, 0.1) is 6.10 Å². The number of nitrogens with zero attached hydrogens (tertiary/aromatic N) is 2. The third-order valence-corrected chi connectivity index (χ3v) is 4.54. The van der Waals surface area contributed by atoms with Crippen molar-refractivity contribution >= 4 is 11.9 Å².